The van der Waals surface area contributed by atoms with Gasteiger partial charge in [0.05, 0.1) is 13.2 Å². The maximum Gasteiger partial charge on any atom is 0.253 e. The molecule has 0 aliphatic carbocycles. The number of piperidine rings is 1. The summed E-state index contributed by atoms with van der Waals surface area (Å²) in [7, 11) is 4.05. The number of hydroxylamine groups is 2. The Balaban J connectivity index is 1.12. The highest BCUT2D eigenvalue weighted by Crippen LogP contribution is 2.27. The summed E-state index contributed by atoms with van der Waals surface area (Å²) in [6.45, 7) is 4.98. The molecule has 2 aromatic heterocycles. The number of nitrogens with one attached hydrogen (secondary N) is 1. The van der Waals surface area contributed by atoms with Crippen molar-refractivity contribution in [3.8, 4) is 0 Å². The van der Waals surface area contributed by atoms with Crippen LogP contribution in [0.25, 0.3) is 11.2 Å². The monoisotopic (exact) mass is 517 g/mol. The number of anilines is 2. The van der Waals surface area contributed by atoms with Gasteiger partial charge >= 0.3 is 0 Å². The summed E-state index contributed by atoms with van der Waals surface area (Å²) in [6.07, 6.45) is 7.21. The van der Waals surface area contributed by atoms with Crippen LogP contribution in [0, 0.1) is 0 Å². The molecule has 3 aliphatic rings. The highest BCUT2D eigenvalue weighted by Gasteiger charge is 2.26. The number of aromatic nitrogens is 3. The number of likely N-dealkylation sites (tertiary alicyclic amines) is 1. The number of rotatable bonds is 7. The molecule has 3 aromatic rings. The zero-order valence-corrected chi connectivity index (χ0v) is 22.0. The van der Waals surface area contributed by atoms with Gasteiger partial charge in [0.1, 0.15) is 6.10 Å². The first-order valence-corrected chi connectivity index (χ1v) is 13.4. The molecule has 2 saturated heterocycles. The van der Waals surface area contributed by atoms with Crippen LogP contribution >= 0.6 is 0 Å². The van der Waals surface area contributed by atoms with E-state index in [0.29, 0.717) is 30.8 Å². The molecule has 1 N–H and O–H groups in total. The minimum atomic E-state index is 0.0624. The van der Waals surface area contributed by atoms with E-state index < -0.39 is 0 Å². The van der Waals surface area contributed by atoms with Crippen molar-refractivity contribution in [2.75, 3.05) is 58.8 Å². The molecule has 2 fully saturated rings. The first-order chi connectivity index (χ1) is 18.5. The molecule has 10 nitrogen and oxygen atoms in total. The van der Waals surface area contributed by atoms with Crippen LogP contribution in [0.1, 0.15) is 35.2 Å². The fourth-order valence-electron chi connectivity index (χ4n) is 5.26. The molecule has 0 bridgehead atoms. The molecular weight excluding hydrogens is 482 g/mol. The molecule has 3 aliphatic heterocycles. The number of carbonyl (C=O) groups excluding carboxylic acids is 1. The predicted molar refractivity (Wildman–Crippen MR) is 145 cm³/mol. The van der Waals surface area contributed by atoms with Gasteiger partial charge in [0, 0.05) is 49.2 Å². The Bertz CT molecular complexity index is 1310. The zero-order chi connectivity index (χ0) is 26.1. The molecule has 0 spiro atoms. The number of nitrogens with zero attached hydrogens (tertiary/aromatic N) is 6. The van der Waals surface area contributed by atoms with E-state index in [0.717, 1.165) is 62.3 Å². The number of pyridine rings is 1. The molecule has 10 heteroatoms. The summed E-state index contributed by atoms with van der Waals surface area (Å²) in [5, 5.41) is 9.93. The number of hydrogen-bond acceptors (Lipinski definition) is 8. The lowest BCUT2D eigenvalue weighted by molar-refractivity contribution is -0.256. The fourth-order valence-corrected chi connectivity index (χ4v) is 5.26. The van der Waals surface area contributed by atoms with Gasteiger partial charge in [-0.1, -0.05) is 6.08 Å². The van der Waals surface area contributed by atoms with Gasteiger partial charge in [0.2, 0.25) is 5.95 Å². The Kier molecular flexibility index (Phi) is 7.12. The minimum Gasteiger partial charge on any atom is -0.376 e. The lowest BCUT2D eigenvalue weighted by atomic mass is 10.0. The molecule has 0 atom stereocenters. The number of ether oxygens (including phenoxy) is 1. The van der Waals surface area contributed by atoms with Crippen LogP contribution < -0.4 is 5.32 Å². The molecule has 0 saturated carbocycles. The van der Waals surface area contributed by atoms with Gasteiger partial charge < -0.3 is 19.9 Å². The molecule has 200 valence electrons. The van der Waals surface area contributed by atoms with E-state index in [9.17, 15) is 4.79 Å². The van der Waals surface area contributed by atoms with Crippen LogP contribution in [-0.4, -0.2) is 101 Å². The van der Waals surface area contributed by atoms with Gasteiger partial charge in [0.25, 0.3) is 5.91 Å². The lowest BCUT2D eigenvalue weighted by Gasteiger charge is -2.35. The maximum absolute atomic E-state index is 13.0. The van der Waals surface area contributed by atoms with E-state index >= 15 is 0 Å². The van der Waals surface area contributed by atoms with Gasteiger partial charge in [0.15, 0.2) is 5.65 Å². The van der Waals surface area contributed by atoms with Crippen molar-refractivity contribution in [1.82, 2.24) is 29.5 Å². The van der Waals surface area contributed by atoms with Gasteiger partial charge in [-0.25, -0.2) is 4.52 Å². The average Bonchev–Trinajstić information content (AvgIpc) is 3.34. The Morgan fingerprint density at radius 1 is 1.13 bits per heavy atom. The van der Waals surface area contributed by atoms with Gasteiger partial charge in [-0.2, -0.15) is 10.0 Å². The number of amides is 1. The van der Waals surface area contributed by atoms with Crippen LogP contribution in [0.4, 0.5) is 11.6 Å². The van der Waals surface area contributed by atoms with Crippen molar-refractivity contribution < 1.29 is 14.4 Å². The molecule has 5 heterocycles. The number of hydrogen-bond donors (Lipinski definition) is 1. The van der Waals surface area contributed by atoms with Crippen molar-refractivity contribution in [2.24, 2.45) is 0 Å². The lowest BCUT2D eigenvalue weighted by Crippen LogP contribution is -2.44. The van der Waals surface area contributed by atoms with Crippen LogP contribution in [0.3, 0.4) is 0 Å². The van der Waals surface area contributed by atoms with E-state index in [-0.39, 0.29) is 12.0 Å². The Labute approximate surface area is 222 Å². The van der Waals surface area contributed by atoms with Crippen LogP contribution in [0.15, 0.2) is 48.7 Å². The van der Waals surface area contributed by atoms with Gasteiger partial charge in [-0.15, -0.1) is 5.10 Å². The van der Waals surface area contributed by atoms with E-state index in [1.54, 1.807) is 0 Å². The summed E-state index contributed by atoms with van der Waals surface area (Å²) in [5.41, 5.74) is 4.67. The number of fused-ring (bicyclic) bond motifs is 1. The second-order valence-corrected chi connectivity index (χ2v) is 10.4. The minimum absolute atomic E-state index is 0.0624. The largest absolute Gasteiger partial charge is 0.376 e. The Hall–Kier alpha value is -3.31. The molecule has 6 rings (SSSR count). The number of carbonyl (C=O) groups is 1. The summed E-state index contributed by atoms with van der Waals surface area (Å²) in [4.78, 5) is 28.0. The summed E-state index contributed by atoms with van der Waals surface area (Å²) in [5.74, 6) is 0.582. The molecule has 1 aromatic carbocycles. The Morgan fingerprint density at radius 3 is 2.61 bits per heavy atom. The molecular formula is C28H35N7O3. The highest BCUT2D eigenvalue weighted by atomic mass is 16.7. The third kappa shape index (κ3) is 5.30. The summed E-state index contributed by atoms with van der Waals surface area (Å²) < 4.78 is 7.01. The smallest absolute Gasteiger partial charge is 0.253 e. The van der Waals surface area contributed by atoms with Crippen molar-refractivity contribution in [3.05, 3.63) is 59.8 Å². The number of benzene rings is 1. The summed E-state index contributed by atoms with van der Waals surface area (Å²) in [6, 6.07) is 11.9. The first kappa shape index (κ1) is 25.0. The fraction of sp³-hybridized carbons (Fsp3) is 0.464. The van der Waals surface area contributed by atoms with Gasteiger partial charge in [-0.3, -0.25) is 9.63 Å². The predicted octanol–water partition coefficient (Wildman–Crippen LogP) is 3.06. The third-order valence-corrected chi connectivity index (χ3v) is 7.73. The zero-order valence-electron chi connectivity index (χ0n) is 22.0. The molecule has 0 radical (unpaired) electrons. The SMILES string of the molecule is CN1CCC(N(C)C(=O)c2ccc(Nc3nc4c(C5=CCN(OC6COC6)CC5)cccn4n3)cc2)CC1. The van der Waals surface area contributed by atoms with E-state index in [4.69, 9.17) is 14.6 Å². The third-order valence-electron chi connectivity index (χ3n) is 7.73. The van der Waals surface area contributed by atoms with E-state index in [2.05, 4.69) is 34.5 Å². The second kappa shape index (κ2) is 10.8. The van der Waals surface area contributed by atoms with E-state index in [1.165, 1.54) is 5.57 Å². The van der Waals surface area contributed by atoms with Crippen LogP contribution in [-0.2, 0) is 9.57 Å². The van der Waals surface area contributed by atoms with Crippen molar-refractivity contribution in [1.29, 1.82) is 0 Å². The second-order valence-electron chi connectivity index (χ2n) is 10.4. The molecule has 1 amide bonds. The normalized spacial score (nSPS) is 19.8. The maximum atomic E-state index is 13.0. The van der Waals surface area contributed by atoms with E-state index in [1.807, 2.05) is 58.1 Å². The Morgan fingerprint density at radius 2 is 1.92 bits per heavy atom. The van der Waals surface area contributed by atoms with Crippen LogP contribution in [0.5, 0.6) is 0 Å². The topological polar surface area (TPSA) is 87.5 Å². The standard InChI is InChI=1S/C28H35N7O3/c1-32-14-11-23(12-15-32)33(2)27(36)21-5-7-22(8-6-21)29-28-30-26-25(4-3-13-35(26)31-28)20-9-16-34(17-10-20)38-24-18-37-19-24/h3-9,13,23-24H,10-12,14-19H2,1-2H3,(H,29,31). The van der Waals surface area contributed by atoms with Gasteiger partial charge in [-0.05, 0) is 81.4 Å². The quantitative estimate of drug-likeness (QED) is 0.512. The van der Waals surface area contributed by atoms with Crippen LogP contribution in [0.2, 0.25) is 0 Å². The first-order valence-electron chi connectivity index (χ1n) is 13.4. The van der Waals surface area contributed by atoms with Crippen molar-refractivity contribution >= 4 is 28.8 Å². The molecule has 38 heavy (non-hydrogen) atoms. The summed E-state index contributed by atoms with van der Waals surface area (Å²) >= 11 is 0. The van der Waals surface area contributed by atoms with Crippen molar-refractivity contribution in [3.63, 3.8) is 0 Å². The highest BCUT2D eigenvalue weighted by molar-refractivity contribution is 5.94. The molecule has 0 unspecified atom stereocenters. The average molecular weight is 518 g/mol. The van der Waals surface area contributed by atoms with Crippen molar-refractivity contribution in [2.45, 2.75) is 31.4 Å².